The van der Waals surface area contributed by atoms with E-state index in [1.807, 2.05) is 0 Å². The van der Waals surface area contributed by atoms with Crippen molar-refractivity contribution in [1.82, 2.24) is 15.0 Å². The van der Waals surface area contributed by atoms with E-state index in [1.54, 1.807) is 42.7 Å². The predicted molar refractivity (Wildman–Crippen MR) is 102 cm³/mol. The van der Waals surface area contributed by atoms with E-state index in [0.29, 0.717) is 18.1 Å². The fourth-order valence-corrected chi connectivity index (χ4v) is 2.37. The highest BCUT2D eigenvalue weighted by Gasteiger charge is 2.09. The van der Waals surface area contributed by atoms with E-state index in [9.17, 15) is 14.9 Å². The van der Waals surface area contributed by atoms with Crippen molar-refractivity contribution in [2.24, 2.45) is 0 Å². The molecule has 0 spiro atoms. The lowest BCUT2D eigenvalue weighted by molar-refractivity contribution is -0.384. The zero-order valence-corrected chi connectivity index (χ0v) is 14.6. The van der Waals surface area contributed by atoms with Gasteiger partial charge in [0.2, 0.25) is 5.95 Å². The topological polar surface area (TPSA) is 143 Å². The number of carboxylic acid groups (broad SMARTS) is 1. The summed E-state index contributed by atoms with van der Waals surface area (Å²) in [4.78, 5) is 33.7. The molecule has 10 nitrogen and oxygen atoms in total. The van der Waals surface area contributed by atoms with E-state index in [1.165, 1.54) is 12.1 Å². The number of anilines is 2. The molecule has 0 atom stereocenters. The van der Waals surface area contributed by atoms with Gasteiger partial charge in [0, 0.05) is 42.7 Å². The molecule has 0 aliphatic rings. The monoisotopic (exact) mass is 380 g/mol. The van der Waals surface area contributed by atoms with Crippen LogP contribution in [0, 0.1) is 10.1 Å². The third kappa shape index (κ3) is 4.97. The van der Waals surface area contributed by atoms with Crippen LogP contribution < -0.4 is 10.6 Å². The quantitative estimate of drug-likeness (QED) is 0.397. The van der Waals surface area contributed by atoms with Crippen LogP contribution in [0.25, 0.3) is 11.3 Å². The molecule has 0 saturated carbocycles. The summed E-state index contributed by atoms with van der Waals surface area (Å²) in [5.74, 6) is -0.380. The zero-order valence-electron chi connectivity index (χ0n) is 14.6. The van der Waals surface area contributed by atoms with Crippen LogP contribution >= 0.6 is 0 Å². The molecule has 28 heavy (non-hydrogen) atoms. The van der Waals surface area contributed by atoms with E-state index in [2.05, 4.69) is 25.6 Å². The first-order valence-corrected chi connectivity index (χ1v) is 8.23. The minimum Gasteiger partial charge on any atom is -0.480 e. The SMILES string of the molecule is O=C(O)CNc1nc(NCc2ccc([N+](=O)[O-])cc2)cc(-c2ccncc2)n1. The minimum absolute atomic E-state index is 0.0194. The molecule has 2 heterocycles. The largest absolute Gasteiger partial charge is 0.480 e. The summed E-state index contributed by atoms with van der Waals surface area (Å²) in [5.41, 5.74) is 2.24. The first kappa shape index (κ1) is 18.7. The Balaban J connectivity index is 1.81. The average Bonchev–Trinajstić information content (AvgIpc) is 2.71. The molecule has 142 valence electrons. The summed E-state index contributed by atoms with van der Waals surface area (Å²) in [6.45, 7) is 0.0603. The van der Waals surface area contributed by atoms with Crippen molar-refractivity contribution in [3.8, 4) is 11.3 Å². The van der Waals surface area contributed by atoms with E-state index in [4.69, 9.17) is 5.11 Å². The summed E-state index contributed by atoms with van der Waals surface area (Å²) in [6, 6.07) is 11.5. The predicted octanol–water partition coefficient (Wildman–Crippen LogP) is 2.56. The van der Waals surface area contributed by atoms with Gasteiger partial charge in [0.05, 0.1) is 10.6 Å². The summed E-state index contributed by atoms with van der Waals surface area (Å²) in [5, 5.41) is 25.4. The Morgan fingerprint density at radius 1 is 1.07 bits per heavy atom. The summed E-state index contributed by atoms with van der Waals surface area (Å²) >= 11 is 0. The van der Waals surface area contributed by atoms with Crippen LogP contribution in [0.4, 0.5) is 17.5 Å². The third-order valence-corrected chi connectivity index (χ3v) is 3.72. The number of aromatic nitrogens is 3. The molecule has 1 aromatic carbocycles. The number of hydrogen-bond donors (Lipinski definition) is 3. The van der Waals surface area contributed by atoms with Crippen LogP contribution in [0.15, 0.2) is 54.9 Å². The number of rotatable bonds is 8. The number of benzene rings is 1. The fourth-order valence-electron chi connectivity index (χ4n) is 2.37. The lowest BCUT2D eigenvalue weighted by atomic mass is 10.2. The van der Waals surface area contributed by atoms with Gasteiger partial charge >= 0.3 is 5.97 Å². The number of carboxylic acids is 1. The van der Waals surface area contributed by atoms with Gasteiger partial charge in [-0.25, -0.2) is 4.98 Å². The smallest absolute Gasteiger partial charge is 0.322 e. The highest BCUT2D eigenvalue weighted by Crippen LogP contribution is 2.21. The van der Waals surface area contributed by atoms with Crippen LogP contribution in [-0.4, -0.2) is 37.5 Å². The number of nitro groups is 1. The molecule has 3 rings (SSSR count). The maximum absolute atomic E-state index is 10.8. The van der Waals surface area contributed by atoms with Crippen molar-refractivity contribution in [3.63, 3.8) is 0 Å². The average molecular weight is 380 g/mol. The van der Waals surface area contributed by atoms with Gasteiger partial charge in [0.1, 0.15) is 12.4 Å². The Morgan fingerprint density at radius 2 is 1.79 bits per heavy atom. The number of nitrogens with zero attached hydrogens (tertiary/aromatic N) is 4. The standard InChI is InChI=1S/C18H16N6O4/c25-17(26)11-21-18-22-15(13-5-7-19-8-6-13)9-16(23-18)20-10-12-1-3-14(4-2-12)24(27)28/h1-9H,10-11H2,(H,25,26)(H2,20,21,22,23). The highest BCUT2D eigenvalue weighted by molar-refractivity contribution is 5.72. The van der Waals surface area contributed by atoms with Crippen LogP contribution in [0.1, 0.15) is 5.56 Å². The van der Waals surface area contributed by atoms with Crippen LogP contribution in [0.5, 0.6) is 0 Å². The molecule has 0 bridgehead atoms. The van der Waals surface area contributed by atoms with Crippen molar-refractivity contribution in [2.45, 2.75) is 6.54 Å². The zero-order chi connectivity index (χ0) is 19.9. The van der Waals surface area contributed by atoms with E-state index in [-0.39, 0.29) is 18.2 Å². The van der Waals surface area contributed by atoms with Gasteiger partial charge in [-0.3, -0.25) is 19.9 Å². The maximum atomic E-state index is 10.8. The lowest BCUT2D eigenvalue weighted by Gasteiger charge is -2.11. The Labute approximate surface area is 159 Å². The number of carbonyl (C=O) groups is 1. The minimum atomic E-state index is -1.03. The maximum Gasteiger partial charge on any atom is 0.322 e. The van der Waals surface area contributed by atoms with Gasteiger partial charge in [0.15, 0.2) is 0 Å². The molecule has 10 heteroatoms. The van der Waals surface area contributed by atoms with Crippen molar-refractivity contribution in [1.29, 1.82) is 0 Å². The molecule has 0 unspecified atom stereocenters. The van der Waals surface area contributed by atoms with Gasteiger partial charge in [0.25, 0.3) is 5.69 Å². The molecule has 2 aromatic heterocycles. The molecule has 0 amide bonds. The number of nitro benzene ring substituents is 1. The number of pyridine rings is 1. The van der Waals surface area contributed by atoms with E-state index in [0.717, 1.165) is 11.1 Å². The first-order valence-electron chi connectivity index (χ1n) is 8.23. The second-order valence-corrected chi connectivity index (χ2v) is 5.72. The van der Waals surface area contributed by atoms with Gasteiger partial charge in [-0.1, -0.05) is 12.1 Å². The number of aliphatic carboxylic acids is 1. The Kier molecular flexibility index (Phi) is 5.70. The van der Waals surface area contributed by atoms with Crippen molar-refractivity contribution < 1.29 is 14.8 Å². The van der Waals surface area contributed by atoms with Crippen LogP contribution in [0.3, 0.4) is 0 Å². The fraction of sp³-hybridized carbons (Fsp3) is 0.111. The second-order valence-electron chi connectivity index (χ2n) is 5.72. The van der Waals surface area contributed by atoms with Crippen LogP contribution in [0.2, 0.25) is 0 Å². The number of non-ortho nitro benzene ring substituents is 1. The summed E-state index contributed by atoms with van der Waals surface area (Å²) in [6.07, 6.45) is 3.26. The Morgan fingerprint density at radius 3 is 2.43 bits per heavy atom. The van der Waals surface area contributed by atoms with Crippen molar-refractivity contribution >= 4 is 23.4 Å². The van der Waals surface area contributed by atoms with Crippen LogP contribution in [-0.2, 0) is 11.3 Å². The Bertz CT molecular complexity index is 979. The molecule has 0 fully saturated rings. The van der Waals surface area contributed by atoms with Gasteiger partial charge < -0.3 is 15.7 Å². The summed E-state index contributed by atoms with van der Waals surface area (Å²) in [7, 11) is 0. The number of nitrogens with one attached hydrogen (secondary N) is 2. The first-order chi connectivity index (χ1) is 13.5. The van der Waals surface area contributed by atoms with Gasteiger partial charge in [-0.05, 0) is 17.7 Å². The highest BCUT2D eigenvalue weighted by atomic mass is 16.6. The molecule has 0 aliphatic heterocycles. The normalized spacial score (nSPS) is 10.3. The molecule has 0 radical (unpaired) electrons. The number of hydrogen-bond acceptors (Lipinski definition) is 8. The Hall–Kier alpha value is -4.08. The third-order valence-electron chi connectivity index (χ3n) is 3.72. The molecule has 3 N–H and O–H groups in total. The molecular formula is C18H16N6O4. The van der Waals surface area contributed by atoms with E-state index >= 15 is 0 Å². The van der Waals surface area contributed by atoms with Gasteiger partial charge in [-0.2, -0.15) is 4.98 Å². The second kappa shape index (κ2) is 8.54. The molecule has 3 aromatic rings. The van der Waals surface area contributed by atoms with E-state index < -0.39 is 10.9 Å². The lowest BCUT2D eigenvalue weighted by Crippen LogP contribution is -2.15. The molecule has 0 saturated heterocycles. The molecular weight excluding hydrogens is 364 g/mol. The van der Waals surface area contributed by atoms with Crippen molar-refractivity contribution in [2.75, 3.05) is 17.2 Å². The summed E-state index contributed by atoms with van der Waals surface area (Å²) < 4.78 is 0. The van der Waals surface area contributed by atoms with Crippen molar-refractivity contribution in [3.05, 3.63) is 70.5 Å². The molecule has 0 aliphatic carbocycles. The van der Waals surface area contributed by atoms with Gasteiger partial charge in [-0.15, -0.1) is 0 Å².